The van der Waals surface area contributed by atoms with E-state index in [1.807, 2.05) is 18.9 Å². The van der Waals surface area contributed by atoms with Crippen LogP contribution in [0.15, 0.2) is 0 Å². The molecular weight excluding hydrogens is 285 g/mol. The lowest BCUT2D eigenvalue weighted by Gasteiger charge is -2.39. The molecule has 116 valence electrons. The van der Waals surface area contributed by atoms with Gasteiger partial charge in [0.15, 0.2) is 0 Å². The van der Waals surface area contributed by atoms with Crippen LogP contribution in [-0.2, 0) is 4.79 Å². The van der Waals surface area contributed by atoms with Gasteiger partial charge in [-0.15, -0.1) is 24.8 Å². The predicted molar refractivity (Wildman–Crippen MR) is 85.3 cm³/mol. The van der Waals surface area contributed by atoms with Gasteiger partial charge in [-0.05, 0) is 47.1 Å². The van der Waals surface area contributed by atoms with Crippen molar-refractivity contribution in [3.8, 4) is 0 Å². The van der Waals surface area contributed by atoms with Crippen LogP contribution in [0.25, 0.3) is 0 Å². The first kappa shape index (κ1) is 21.3. The van der Waals surface area contributed by atoms with E-state index in [1.54, 1.807) is 0 Å². The monoisotopic (exact) mass is 313 g/mol. The Morgan fingerprint density at radius 1 is 1.32 bits per heavy atom. The van der Waals surface area contributed by atoms with Gasteiger partial charge in [-0.2, -0.15) is 0 Å². The Labute approximate surface area is 129 Å². The highest BCUT2D eigenvalue weighted by Crippen LogP contribution is 2.19. The van der Waals surface area contributed by atoms with Gasteiger partial charge in [-0.1, -0.05) is 0 Å². The fourth-order valence-corrected chi connectivity index (χ4v) is 2.30. The Balaban J connectivity index is 0. The van der Waals surface area contributed by atoms with Crippen molar-refractivity contribution in [1.82, 2.24) is 9.80 Å². The van der Waals surface area contributed by atoms with Crippen LogP contribution in [0, 0.1) is 0 Å². The SMILES string of the molecule is CC(N)C1CCCCN1C(=O)CN(C)C(C)C.Cl.Cl. The molecule has 6 heteroatoms. The Morgan fingerprint density at radius 3 is 2.37 bits per heavy atom. The van der Waals surface area contributed by atoms with Crippen molar-refractivity contribution in [2.45, 2.75) is 58.2 Å². The molecule has 2 unspecified atom stereocenters. The summed E-state index contributed by atoms with van der Waals surface area (Å²) in [7, 11) is 1.99. The summed E-state index contributed by atoms with van der Waals surface area (Å²) in [5.41, 5.74) is 5.98. The first-order chi connectivity index (χ1) is 7.93. The summed E-state index contributed by atoms with van der Waals surface area (Å²) in [5.74, 6) is 0.225. The second-order valence-corrected chi connectivity index (χ2v) is 5.52. The molecule has 0 bridgehead atoms. The molecule has 0 aromatic heterocycles. The summed E-state index contributed by atoms with van der Waals surface area (Å²) in [4.78, 5) is 16.3. The Bertz CT molecular complexity index is 262. The minimum atomic E-state index is 0. The smallest absolute Gasteiger partial charge is 0.237 e. The van der Waals surface area contributed by atoms with Gasteiger partial charge < -0.3 is 10.6 Å². The van der Waals surface area contributed by atoms with Gasteiger partial charge in [0, 0.05) is 24.7 Å². The second-order valence-electron chi connectivity index (χ2n) is 5.52. The maximum Gasteiger partial charge on any atom is 0.237 e. The fourth-order valence-electron chi connectivity index (χ4n) is 2.30. The first-order valence-corrected chi connectivity index (χ1v) is 6.68. The third-order valence-corrected chi connectivity index (χ3v) is 3.74. The van der Waals surface area contributed by atoms with E-state index in [-0.39, 0.29) is 42.8 Å². The maximum absolute atomic E-state index is 12.3. The van der Waals surface area contributed by atoms with E-state index in [1.165, 1.54) is 6.42 Å². The van der Waals surface area contributed by atoms with E-state index in [2.05, 4.69) is 18.7 Å². The number of rotatable bonds is 4. The molecule has 1 fully saturated rings. The molecule has 0 spiro atoms. The highest BCUT2D eigenvalue weighted by Gasteiger charge is 2.29. The summed E-state index contributed by atoms with van der Waals surface area (Å²) in [6.07, 6.45) is 3.35. The van der Waals surface area contributed by atoms with Crippen LogP contribution in [0.2, 0.25) is 0 Å². The summed E-state index contributed by atoms with van der Waals surface area (Å²) in [6.45, 7) is 7.58. The normalized spacial score (nSPS) is 20.8. The topological polar surface area (TPSA) is 49.6 Å². The molecule has 2 N–H and O–H groups in total. The number of amides is 1. The Hall–Kier alpha value is -0.0300. The number of nitrogens with zero attached hydrogens (tertiary/aromatic N) is 2. The molecule has 2 atom stereocenters. The van der Waals surface area contributed by atoms with Gasteiger partial charge in [0.1, 0.15) is 0 Å². The zero-order valence-electron chi connectivity index (χ0n) is 12.5. The lowest BCUT2D eigenvalue weighted by molar-refractivity contribution is -0.136. The quantitative estimate of drug-likeness (QED) is 0.862. The lowest BCUT2D eigenvalue weighted by Crippen LogP contribution is -2.54. The predicted octanol–water partition coefficient (Wildman–Crippen LogP) is 1.90. The van der Waals surface area contributed by atoms with Crippen LogP contribution in [0.1, 0.15) is 40.0 Å². The molecule has 0 aromatic carbocycles. The summed E-state index contributed by atoms with van der Waals surface area (Å²) >= 11 is 0. The zero-order valence-corrected chi connectivity index (χ0v) is 14.1. The zero-order chi connectivity index (χ0) is 13.0. The number of carbonyl (C=O) groups is 1. The van der Waals surface area contributed by atoms with Gasteiger partial charge in [0.05, 0.1) is 6.54 Å². The summed E-state index contributed by atoms with van der Waals surface area (Å²) in [5, 5.41) is 0. The van der Waals surface area contributed by atoms with Crippen LogP contribution in [0.4, 0.5) is 0 Å². The molecule has 1 amide bonds. The fraction of sp³-hybridized carbons (Fsp3) is 0.923. The number of hydrogen-bond donors (Lipinski definition) is 1. The number of hydrogen-bond acceptors (Lipinski definition) is 3. The molecule has 19 heavy (non-hydrogen) atoms. The molecule has 0 radical (unpaired) electrons. The van der Waals surface area contributed by atoms with Crippen molar-refractivity contribution in [2.75, 3.05) is 20.1 Å². The molecule has 0 saturated carbocycles. The van der Waals surface area contributed by atoms with Gasteiger partial charge in [-0.3, -0.25) is 9.69 Å². The third-order valence-electron chi connectivity index (χ3n) is 3.74. The largest absolute Gasteiger partial charge is 0.337 e. The minimum absolute atomic E-state index is 0. The van der Waals surface area contributed by atoms with E-state index in [0.29, 0.717) is 12.6 Å². The van der Waals surface area contributed by atoms with E-state index in [9.17, 15) is 4.79 Å². The van der Waals surface area contributed by atoms with Gasteiger partial charge >= 0.3 is 0 Å². The molecule has 1 rings (SSSR count). The molecule has 4 nitrogen and oxygen atoms in total. The average Bonchev–Trinajstić information content (AvgIpc) is 2.28. The van der Waals surface area contributed by atoms with Crippen molar-refractivity contribution >= 4 is 30.7 Å². The number of likely N-dealkylation sites (tertiary alicyclic amines) is 1. The molecule has 1 saturated heterocycles. The standard InChI is InChI=1S/C13H27N3O.2ClH/c1-10(2)15(4)9-13(17)16-8-6-5-7-12(16)11(3)14;;/h10-12H,5-9,14H2,1-4H3;2*1H. The van der Waals surface area contributed by atoms with Crippen molar-refractivity contribution < 1.29 is 4.79 Å². The van der Waals surface area contributed by atoms with Gasteiger partial charge in [0.25, 0.3) is 0 Å². The Kier molecular flexibility index (Phi) is 11.0. The van der Waals surface area contributed by atoms with Crippen molar-refractivity contribution in [2.24, 2.45) is 5.73 Å². The van der Waals surface area contributed by atoms with Gasteiger partial charge in [0.2, 0.25) is 5.91 Å². The minimum Gasteiger partial charge on any atom is -0.337 e. The molecule has 1 aliphatic rings. The van der Waals surface area contributed by atoms with Crippen LogP contribution >= 0.6 is 24.8 Å². The molecule has 0 aromatic rings. The molecule has 1 heterocycles. The maximum atomic E-state index is 12.3. The number of nitrogens with two attached hydrogens (primary N) is 1. The van der Waals surface area contributed by atoms with E-state index < -0.39 is 0 Å². The number of likely N-dealkylation sites (N-methyl/N-ethyl adjacent to an activating group) is 1. The van der Waals surface area contributed by atoms with Crippen LogP contribution in [-0.4, -0.2) is 54.0 Å². The van der Waals surface area contributed by atoms with Crippen molar-refractivity contribution in [3.05, 3.63) is 0 Å². The van der Waals surface area contributed by atoms with E-state index >= 15 is 0 Å². The van der Waals surface area contributed by atoms with Gasteiger partial charge in [-0.25, -0.2) is 0 Å². The highest BCUT2D eigenvalue weighted by atomic mass is 35.5. The van der Waals surface area contributed by atoms with Crippen molar-refractivity contribution in [3.63, 3.8) is 0 Å². The van der Waals surface area contributed by atoms with Crippen LogP contribution < -0.4 is 5.73 Å². The lowest BCUT2D eigenvalue weighted by atomic mass is 9.97. The Morgan fingerprint density at radius 2 is 1.89 bits per heavy atom. The second kappa shape index (κ2) is 9.81. The number of piperidine rings is 1. The summed E-state index contributed by atoms with van der Waals surface area (Å²) < 4.78 is 0. The first-order valence-electron chi connectivity index (χ1n) is 6.68. The molecule has 0 aliphatic carbocycles. The van der Waals surface area contributed by atoms with Crippen molar-refractivity contribution in [1.29, 1.82) is 0 Å². The number of halogens is 2. The van der Waals surface area contributed by atoms with Crippen LogP contribution in [0.5, 0.6) is 0 Å². The van der Waals surface area contributed by atoms with Crippen LogP contribution in [0.3, 0.4) is 0 Å². The molecular formula is C13H29Cl2N3O. The molecule has 1 aliphatic heterocycles. The average molecular weight is 314 g/mol. The summed E-state index contributed by atoms with van der Waals surface area (Å²) in [6, 6.07) is 0.706. The third kappa shape index (κ3) is 6.30. The number of carbonyl (C=O) groups excluding carboxylic acids is 1. The van der Waals surface area contributed by atoms with E-state index in [0.717, 1.165) is 19.4 Å². The highest BCUT2D eigenvalue weighted by molar-refractivity contribution is 5.85. The van der Waals surface area contributed by atoms with E-state index in [4.69, 9.17) is 5.73 Å².